The molecule has 0 spiro atoms. The zero-order valence-electron chi connectivity index (χ0n) is 13.8. The summed E-state index contributed by atoms with van der Waals surface area (Å²) in [7, 11) is 0. The van der Waals surface area contributed by atoms with Crippen molar-refractivity contribution < 1.29 is 9.59 Å². The zero-order valence-corrected chi connectivity index (χ0v) is 13.8. The first kappa shape index (κ1) is 17.0. The topological polar surface area (TPSA) is 101 Å². The highest BCUT2D eigenvalue weighted by Gasteiger charge is 2.32. The molecule has 130 valence electrons. The summed E-state index contributed by atoms with van der Waals surface area (Å²) in [5.74, 6) is -0.258. The van der Waals surface area contributed by atoms with Gasteiger partial charge in [0.2, 0.25) is 17.8 Å². The largest absolute Gasteiger partial charge is 0.368 e. The van der Waals surface area contributed by atoms with Gasteiger partial charge in [-0.2, -0.15) is 0 Å². The number of amides is 2. The third kappa shape index (κ3) is 4.19. The molecule has 1 fully saturated rings. The molecule has 3 N–H and O–H groups in total. The first-order valence-electron chi connectivity index (χ1n) is 8.31. The lowest BCUT2D eigenvalue weighted by Crippen LogP contribution is -2.44. The van der Waals surface area contributed by atoms with Gasteiger partial charge >= 0.3 is 0 Å². The van der Waals surface area contributed by atoms with Gasteiger partial charge < -0.3 is 5.73 Å². The van der Waals surface area contributed by atoms with Gasteiger partial charge in [0.15, 0.2) is 0 Å². The number of hydrogen-bond acceptors (Lipinski definition) is 5. The number of aromatic nitrogens is 2. The van der Waals surface area contributed by atoms with E-state index in [1.807, 2.05) is 35.2 Å². The molecule has 2 aromatic rings. The number of rotatable bonds is 5. The number of anilines is 1. The fraction of sp³-hybridized carbons (Fsp3) is 0.333. The van der Waals surface area contributed by atoms with Crippen LogP contribution >= 0.6 is 0 Å². The van der Waals surface area contributed by atoms with Crippen LogP contribution in [-0.4, -0.2) is 39.8 Å². The molecule has 1 aliphatic rings. The van der Waals surface area contributed by atoms with E-state index in [0.29, 0.717) is 31.9 Å². The van der Waals surface area contributed by atoms with Crippen molar-refractivity contribution in [2.24, 2.45) is 11.7 Å². The summed E-state index contributed by atoms with van der Waals surface area (Å²) >= 11 is 0. The van der Waals surface area contributed by atoms with Crippen molar-refractivity contribution in [3.8, 4) is 0 Å². The van der Waals surface area contributed by atoms with Gasteiger partial charge in [0.25, 0.3) is 0 Å². The number of carbonyl (C=O) groups is 2. The Morgan fingerprint density at radius 1 is 1.08 bits per heavy atom. The van der Waals surface area contributed by atoms with E-state index in [9.17, 15) is 9.59 Å². The van der Waals surface area contributed by atoms with Crippen LogP contribution in [0.1, 0.15) is 24.4 Å². The third-order valence-corrected chi connectivity index (χ3v) is 4.45. The van der Waals surface area contributed by atoms with E-state index in [0.717, 1.165) is 5.56 Å². The average Bonchev–Trinajstić information content (AvgIpc) is 2.64. The van der Waals surface area contributed by atoms with E-state index in [2.05, 4.69) is 15.3 Å². The van der Waals surface area contributed by atoms with Gasteiger partial charge in [-0.15, -0.1) is 0 Å². The second-order valence-corrected chi connectivity index (χ2v) is 6.09. The highest BCUT2D eigenvalue weighted by Crippen LogP contribution is 2.27. The quantitative estimate of drug-likeness (QED) is 0.856. The van der Waals surface area contributed by atoms with Crippen LogP contribution in [0.15, 0.2) is 48.8 Å². The molecule has 0 radical (unpaired) electrons. The average molecular weight is 339 g/mol. The predicted octanol–water partition coefficient (Wildman–Crippen LogP) is 1.35. The predicted molar refractivity (Wildman–Crippen MR) is 93.3 cm³/mol. The molecule has 2 heterocycles. The Bertz CT molecular complexity index is 715. The van der Waals surface area contributed by atoms with Crippen LogP contribution in [0.4, 0.5) is 5.95 Å². The van der Waals surface area contributed by atoms with Crippen LogP contribution in [0.3, 0.4) is 0 Å². The monoisotopic (exact) mass is 339 g/mol. The molecule has 7 nitrogen and oxygen atoms in total. The molecule has 1 saturated heterocycles. The Hall–Kier alpha value is -2.80. The number of benzene rings is 1. The van der Waals surface area contributed by atoms with Gasteiger partial charge in [-0.1, -0.05) is 30.3 Å². The Balaban J connectivity index is 1.60. The van der Waals surface area contributed by atoms with Gasteiger partial charge in [0.1, 0.15) is 6.04 Å². The van der Waals surface area contributed by atoms with Crippen LogP contribution in [0.2, 0.25) is 0 Å². The molecule has 1 atom stereocenters. The summed E-state index contributed by atoms with van der Waals surface area (Å²) < 4.78 is 0. The van der Waals surface area contributed by atoms with E-state index in [4.69, 9.17) is 5.73 Å². The summed E-state index contributed by atoms with van der Waals surface area (Å²) in [6, 6.07) is 10.7. The molecule has 0 aliphatic carbocycles. The second kappa shape index (κ2) is 7.85. The lowest BCUT2D eigenvalue weighted by atomic mass is 9.93. The molecule has 7 heteroatoms. The standard InChI is InChI=1S/C18H21N5O2/c19-16(24)15(13-5-2-1-3-6-13)23-11-7-14(8-12-23)17(25)22-18-20-9-4-10-21-18/h1-6,9-10,14-15H,7-8,11-12H2,(H2,19,24)(H,20,21,22,25)/t15-/m0/s1. The number of hydrogen-bond donors (Lipinski definition) is 2. The Kier molecular flexibility index (Phi) is 5.35. The summed E-state index contributed by atoms with van der Waals surface area (Å²) in [6.45, 7) is 1.27. The molecule has 1 aromatic heterocycles. The van der Waals surface area contributed by atoms with Crippen LogP contribution in [-0.2, 0) is 9.59 Å². The molecule has 0 bridgehead atoms. The highest BCUT2D eigenvalue weighted by atomic mass is 16.2. The molecule has 2 amide bonds. The number of carbonyl (C=O) groups excluding carboxylic acids is 2. The maximum atomic E-state index is 12.3. The summed E-state index contributed by atoms with van der Waals surface area (Å²) in [5, 5.41) is 2.74. The Labute approximate surface area is 146 Å². The van der Waals surface area contributed by atoms with Gasteiger partial charge in [0, 0.05) is 18.3 Å². The van der Waals surface area contributed by atoms with Gasteiger partial charge in [-0.3, -0.25) is 19.8 Å². The summed E-state index contributed by atoms with van der Waals surface area (Å²) in [5.41, 5.74) is 6.50. The van der Waals surface area contributed by atoms with E-state index in [1.165, 1.54) is 0 Å². The van der Waals surface area contributed by atoms with Crippen molar-refractivity contribution in [3.05, 3.63) is 54.4 Å². The fourth-order valence-corrected chi connectivity index (χ4v) is 3.19. The third-order valence-electron chi connectivity index (χ3n) is 4.45. The SMILES string of the molecule is NC(=O)[C@H](c1ccccc1)N1CCC(C(=O)Nc2ncccn2)CC1. The first-order valence-corrected chi connectivity index (χ1v) is 8.31. The van der Waals surface area contributed by atoms with Crippen LogP contribution in [0.25, 0.3) is 0 Å². The maximum absolute atomic E-state index is 12.3. The lowest BCUT2D eigenvalue weighted by Gasteiger charge is -2.35. The second-order valence-electron chi connectivity index (χ2n) is 6.09. The van der Waals surface area contributed by atoms with E-state index in [-0.39, 0.29) is 17.7 Å². The van der Waals surface area contributed by atoms with Crippen molar-refractivity contribution in [1.29, 1.82) is 0 Å². The minimum atomic E-state index is -0.456. The van der Waals surface area contributed by atoms with Crippen LogP contribution in [0, 0.1) is 5.92 Å². The molecular formula is C18H21N5O2. The molecular weight excluding hydrogens is 318 g/mol. The highest BCUT2D eigenvalue weighted by molar-refractivity contribution is 5.91. The first-order chi connectivity index (χ1) is 12.1. The summed E-state index contributed by atoms with van der Waals surface area (Å²) in [4.78, 5) is 34.3. The van der Waals surface area contributed by atoms with Crippen molar-refractivity contribution >= 4 is 17.8 Å². The minimum absolute atomic E-state index is 0.0822. The molecule has 0 unspecified atom stereocenters. The maximum Gasteiger partial charge on any atom is 0.239 e. The zero-order chi connectivity index (χ0) is 17.6. The molecule has 25 heavy (non-hydrogen) atoms. The minimum Gasteiger partial charge on any atom is -0.368 e. The number of nitrogens with one attached hydrogen (secondary N) is 1. The number of primary amides is 1. The van der Waals surface area contributed by atoms with E-state index >= 15 is 0 Å². The van der Waals surface area contributed by atoms with Gasteiger partial charge in [0.05, 0.1) is 0 Å². The number of piperidine rings is 1. The molecule has 1 aliphatic heterocycles. The van der Waals surface area contributed by atoms with Crippen LogP contribution < -0.4 is 11.1 Å². The van der Waals surface area contributed by atoms with Gasteiger partial charge in [-0.05, 0) is 37.6 Å². The van der Waals surface area contributed by atoms with Crippen molar-refractivity contribution in [1.82, 2.24) is 14.9 Å². The van der Waals surface area contributed by atoms with Crippen LogP contribution in [0.5, 0.6) is 0 Å². The molecule has 0 saturated carbocycles. The smallest absolute Gasteiger partial charge is 0.239 e. The van der Waals surface area contributed by atoms with Crippen molar-refractivity contribution in [2.75, 3.05) is 18.4 Å². The molecule has 1 aromatic carbocycles. The van der Waals surface area contributed by atoms with Crippen molar-refractivity contribution in [2.45, 2.75) is 18.9 Å². The summed E-state index contributed by atoms with van der Waals surface area (Å²) in [6.07, 6.45) is 4.50. The lowest BCUT2D eigenvalue weighted by molar-refractivity contribution is -0.125. The normalized spacial score (nSPS) is 17.0. The van der Waals surface area contributed by atoms with E-state index in [1.54, 1.807) is 18.5 Å². The fourth-order valence-electron chi connectivity index (χ4n) is 3.19. The Morgan fingerprint density at radius 2 is 1.72 bits per heavy atom. The van der Waals surface area contributed by atoms with Gasteiger partial charge in [-0.25, -0.2) is 9.97 Å². The molecule has 3 rings (SSSR count). The Morgan fingerprint density at radius 3 is 2.32 bits per heavy atom. The van der Waals surface area contributed by atoms with Crippen molar-refractivity contribution in [3.63, 3.8) is 0 Å². The number of nitrogens with zero attached hydrogens (tertiary/aromatic N) is 3. The number of likely N-dealkylation sites (tertiary alicyclic amines) is 1. The number of nitrogens with two attached hydrogens (primary N) is 1. The van der Waals surface area contributed by atoms with E-state index < -0.39 is 6.04 Å².